The van der Waals surface area contributed by atoms with E-state index in [-0.39, 0.29) is 12.8 Å². The number of hydrogen-bond donors (Lipinski definition) is 3. The van der Waals surface area contributed by atoms with Crippen LogP contribution >= 0.6 is 0 Å². The molecule has 1 atom stereocenters. The van der Waals surface area contributed by atoms with Crippen LogP contribution in [0.4, 0.5) is 13.2 Å². The van der Waals surface area contributed by atoms with Crippen molar-refractivity contribution in [2.24, 2.45) is 11.7 Å². The smallest absolute Gasteiger partial charge is 0.415 e. The van der Waals surface area contributed by atoms with Gasteiger partial charge in [0.25, 0.3) is 0 Å². The predicted molar refractivity (Wildman–Crippen MR) is 69.4 cm³/mol. The van der Waals surface area contributed by atoms with Crippen LogP contribution in [0.5, 0.6) is 0 Å². The molecule has 1 rings (SSSR count). The first-order valence-corrected chi connectivity index (χ1v) is 6.88. The highest BCUT2D eigenvalue weighted by Crippen LogP contribution is 2.35. The monoisotopic (exact) mass is 310 g/mol. The van der Waals surface area contributed by atoms with Gasteiger partial charge in [0.2, 0.25) is 5.91 Å². The van der Waals surface area contributed by atoms with Crippen molar-refractivity contribution in [2.45, 2.75) is 63.2 Å². The second-order valence-electron chi connectivity index (χ2n) is 5.89. The number of amides is 1. The normalized spacial score (nSPS) is 29.5. The molecule has 122 valence electrons. The second-order valence-corrected chi connectivity index (χ2v) is 5.89. The zero-order chi connectivity index (χ0) is 16.5. The van der Waals surface area contributed by atoms with Gasteiger partial charge in [0, 0.05) is 0 Å². The number of rotatable bonds is 4. The first-order valence-electron chi connectivity index (χ1n) is 6.88. The van der Waals surface area contributed by atoms with E-state index in [0.717, 1.165) is 6.42 Å². The summed E-state index contributed by atoms with van der Waals surface area (Å²) in [5, 5.41) is 11.4. The molecule has 0 spiro atoms. The molecule has 5 nitrogen and oxygen atoms in total. The van der Waals surface area contributed by atoms with E-state index in [1.54, 1.807) is 0 Å². The van der Waals surface area contributed by atoms with E-state index in [1.807, 2.05) is 12.2 Å². The molecule has 1 fully saturated rings. The van der Waals surface area contributed by atoms with Gasteiger partial charge in [-0.1, -0.05) is 13.3 Å². The lowest BCUT2D eigenvalue weighted by atomic mass is 9.75. The van der Waals surface area contributed by atoms with Crippen molar-refractivity contribution in [2.75, 3.05) is 0 Å². The van der Waals surface area contributed by atoms with Gasteiger partial charge in [0.05, 0.1) is 0 Å². The lowest BCUT2D eigenvalue weighted by Gasteiger charge is -2.39. The molecule has 1 aliphatic carbocycles. The molecular weight excluding hydrogens is 289 g/mol. The molecule has 1 unspecified atom stereocenters. The number of nitrogens with two attached hydrogens (primary N) is 1. The third-order valence-electron chi connectivity index (χ3n) is 4.36. The van der Waals surface area contributed by atoms with Gasteiger partial charge >= 0.3 is 12.1 Å². The second kappa shape index (κ2) is 5.82. The zero-order valence-electron chi connectivity index (χ0n) is 12.1. The van der Waals surface area contributed by atoms with Crippen molar-refractivity contribution in [3.05, 3.63) is 0 Å². The molecule has 4 N–H and O–H groups in total. The first-order chi connectivity index (χ1) is 9.46. The van der Waals surface area contributed by atoms with Gasteiger partial charge in [0.1, 0.15) is 5.54 Å². The van der Waals surface area contributed by atoms with Crippen LogP contribution in [0, 0.1) is 5.92 Å². The van der Waals surface area contributed by atoms with E-state index < -0.39 is 29.1 Å². The number of nitrogens with one attached hydrogen (secondary N) is 1. The SMILES string of the molecule is CCC1CCC(NC(=O)C(C)(N)C(F)(F)F)(C(=O)O)CC1. The average Bonchev–Trinajstić information content (AvgIpc) is 2.37. The van der Waals surface area contributed by atoms with E-state index >= 15 is 0 Å². The minimum atomic E-state index is -4.95. The summed E-state index contributed by atoms with van der Waals surface area (Å²) in [6.07, 6.45) is -2.74. The maximum Gasteiger partial charge on any atom is 0.415 e. The largest absolute Gasteiger partial charge is 0.480 e. The van der Waals surface area contributed by atoms with Crippen molar-refractivity contribution in [1.29, 1.82) is 0 Å². The molecule has 0 saturated heterocycles. The Hall–Kier alpha value is -1.31. The Bertz CT molecular complexity index is 413. The van der Waals surface area contributed by atoms with Gasteiger partial charge in [0.15, 0.2) is 5.54 Å². The molecule has 0 aliphatic heterocycles. The van der Waals surface area contributed by atoms with Crippen molar-refractivity contribution in [1.82, 2.24) is 5.32 Å². The third kappa shape index (κ3) is 3.48. The molecular formula is C13H21F3N2O3. The van der Waals surface area contributed by atoms with Crippen LogP contribution in [0.3, 0.4) is 0 Å². The fourth-order valence-corrected chi connectivity index (χ4v) is 2.45. The molecule has 0 bridgehead atoms. The van der Waals surface area contributed by atoms with Crippen LogP contribution in [-0.4, -0.2) is 34.2 Å². The average molecular weight is 310 g/mol. The van der Waals surface area contributed by atoms with E-state index in [0.29, 0.717) is 25.7 Å². The van der Waals surface area contributed by atoms with Crippen molar-refractivity contribution < 1.29 is 27.9 Å². The van der Waals surface area contributed by atoms with Crippen molar-refractivity contribution in [3.8, 4) is 0 Å². The van der Waals surface area contributed by atoms with Crippen LogP contribution in [-0.2, 0) is 9.59 Å². The van der Waals surface area contributed by atoms with Crippen LogP contribution in [0.25, 0.3) is 0 Å². The molecule has 0 heterocycles. The molecule has 1 aliphatic rings. The number of carboxylic acid groups (broad SMARTS) is 1. The summed E-state index contributed by atoms with van der Waals surface area (Å²) < 4.78 is 38.2. The van der Waals surface area contributed by atoms with Crippen LogP contribution in [0.2, 0.25) is 0 Å². The van der Waals surface area contributed by atoms with Crippen molar-refractivity contribution in [3.63, 3.8) is 0 Å². The van der Waals surface area contributed by atoms with Gasteiger partial charge in [-0.25, -0.2) is 4.79 Å². The molecule has 21 heavy (non-hydrogen) atoms. The molecule has 1 saturated carbocycles. The van der Waals surface area contributed by atoms with Gasteiger partial charge in [-0.05, 0) is 38.5 Å². The third-order valence-corrected chi connectivity index (χ3v) is 4.36. The number of carboxylic acids is 1. The quantitative estimate of drug-likeness (QED) is 0.738. The number of carbonyl (C=O) groups excluding carboxylic acids is 1. The standard InChI is InChI=1S/C13H21F3N2O3/c1-3-8-4-6-12(7-5-8,10(20)21)18-9(19)11(2,17)13(14,15)16/h8H,3-7,17H2,1-2H3,(H,18,19)(H,20,21). The topological polar surface area (TPSA) is 92.4 Å². The molecule has 0 aromatic carbocycles. The van der Waals surface area contributed by atoms with E-state index in [2.05, 4.69) is 0 Å². The Kier molecular flexibility index (Phi) is 4.92. The Morgan fingerprint density at radius 2 is 1.81 bits per heavy atom. The zero-order valence-corrected chi connectivity index (χ0v) is 12.1. The molecule has 0 radical (unpaired) electrons. The maximum absolute atomic E-state index is 12.7. The summed E-state index contributed by atoms with van der Waals surface area (Å²) in [6, 6.07) is 0. The Balaban J connectivity index is 2.91. The summed E-state index contributed by atoms with van der Waals surface area (Å²) >= 11 is 0. The highest BCUT2D eigenvalue weighted by molar-refractivity contribution is 5.92. The van der Waals surface area contributed by atoms with Gasteiger partial charge in [-0.15, -0.1) is 0 Å². The van der Waals surface area contributed by atoms with Gasteiger partial charge in [-0.3, -0.25) is 4.79 Å². The molecule has 0 aromatic heterocycles. The van der Waals surface area contributed by atoms with Gasteiger partial charge < -0.3 is 16.2 Å². The highest BCUT2D eigenvalue weighted by Gasteiger charge is 2.56. The van der Waals surface area contributed by atoms with Crippen LogP contribution in [0.15, 0.2) is 0 Å². The minimum absolute atomic E-state index is 0.112. The fraction of sp³-hybridized carbons (Fsp3) is 0.846. The summed E-state index contributed by atoms with van der Waals surface area (Å²) in [7, 11) is 0. The molecule has 8 heteroatoms. The van der Waals surface area contributed by atoms with E-state index in [1.165, 1.54) is 0 Å². The molecule has 0 aromatic rings. The number of hydrogen-bond acceptors (Lipinski definition) is 3. The first kappa shape index (κ1) is 17.7. The van der Waals surface area contributed by atoms with Gasteiger partial charge in [-0.2, -0.15) is 13.2 Å². The number of halogens is 3. The number of alkyl halides is 3. The van der Waals surface area contributed by atoms with E-state index in [4.69, 9.17) is 5.73 Å². The van der Waals surface area contributed by atoms with E-state index in [9.17, 15) is 27.9 Å². The summed E-state index contributed by atoms with van der Waals surface area (Å²) in [6.45, 7) is 2.51. The number of carbonyl (C=O) groups is 2. The lowest BCUT2D eigenvalue weighted by molar-refractivity contribution is -0.189. The highest BCUT2D eigenvalue weighted by atomic mass is 19.4. The van der Waals surface area contributed by atoms with Crippen LogP contribution in [0.1, 0.15) is 46.0 Å². The van der Waals surface area contributed by atoms with Crippen LogP contribution < -0.4 is 11.1 Å². The minimum Gasteiger partial charge on any atom is -0.480 e. The summed E-state index contributed by atoms with van der Waals surface area (Å²) in [5.74, 6) is -2.49. The Morgan fingerprint density at radius 3 is 2.14 bits per heavy atom. The Morgan fingerprint density at radius 1 is 1.33 bits per heavy atom. The Labute approximate surface area is 121 Å². The summed E-state index contributed by atoms with van der Waals surface area (Å²) in [4.78, 5) is 23.3. The lowest BCUT2D eigenvalue weighted by Crippen LogP contribution is -2.67. The predicted octanol–water partition coefficient (Wildman–Crippen LogP) is 1.81. The molecule has 1 amide bonds. The maximum atomic E-state index is 12.7. The number of aliphatic carboxylic acids is 1. The summed E-state index contributed by atoms with van der Waals surface area (Å²) in [5.41, 5.74) is 0.265. The van der Waals surface area contributed by atoms with Crippen molar-refractivity contribution >= 4 is 11.9 Å². The fourth-order valence-electron chi connectivity index (χ4n) is 2.45.